The molecule has 0 saturated heterocycles. The number of fused-ring (bicyclic) bond motifs is 9. The van der Waals surface area contributed by atoms with Gasteiger partial charge in [-0.05, 0) is 113 Å². The van der Waals surface area contributed by atoms with Crippen molar-refractivity contribution >= 4 is 38.6 Å². The number of rotatable bonds is 6. The quantitative estimate of drug-likeness (QED) is 0.152. The molecule has 0 amide bonds. The normalized spacial score (nSPS) is 14.0. The van der Waals surface area contributed by atoms with Crippen molar-refractivity contribution < 1.29 is 0 Å². The molecule has 0 aromatic heterocycles. The molecule has 1 nitrogen and oxygen atoms in total. The average molecular weight is 778 g/mol. The maximum absolute atomic E-state index is 2.54. The Morgan fingerprint density at radius 3 is 1.59 bits per heavy atom. The summed E-state index contributed by atoms with van der Waals surface area (Å²) < 4.78 is 0. The molecule has 0 N–H and O–H groups in total. The molecule has 0 atom stereocenters. The molecule has 0 radical (unpaired) electrons. The molecule has 1 heteroatoms. The third-order valence-corrected chi connectivity index (χ3v) is 13.7. The van der Waals surface area contributed by atoms with Crippen molar-refractivity contribution in [2.75, 3.05) is 4.90 Å². The zero-order valence-electron chi connectivity index (χ0n) is 34.3. The molecule has 0 bridgehead atoms. The van der Waals surface area contributed by atoms with E-state index in [-0.39, 0.29) is 5.41 Å². The van der Waals surface area contributed by atoms with E-state index in [0.717, 1.165) is 17.1 Å². The van der Waals surface area contributed by atoms with Crippen LogP contribution in [0.1, 0.15) is 47.2 Å². The first kappa shape index (κ1) is 35.5. The van der Waals surface area contributed by atoms with Gasteiger partial charge in [-0.1, -0.05) is 208 Å². The van der Waals surface area contributed by atoms with Gasteiger partial charge in [-0.15, -0.1) is 0 Å². The molecular weight excluding hydrogens is 735 g/mol. The van der Waals surface area contributed by atoms with Gasteiger partial charge in [0.25, 0.3) is 0 Å². The SMILES string of the molecule is CC1(C)c2ccccc2-c2ccc(N(c3ccc4c(c3)C(c3ccccc3)(c3ccccc3)c3cccc(-c5ccccc5)c3-4)c3cc4ccccc4c4ccccc34)cc21. The van der Waals surface area contributed by atoms with Crippen LogP contribution in [0.15, 0.2) is 224 Å². The molecule has 0 aliphatic heterocycles. The molecule has 0 saturated carbocycles. The van der Waals surface area contributed by atoms with E-state index in [1.807, 2.05) is 0 Å². The standard InChI is InChI=1S/C60H43N/c1-59(2)53-31-17-16-28-49(53)50-35-33-44(38-55(50)59)61(57-37-41-21-12-13-26-46(41)48-27-14-15-29-51(48)57)45-34-36-52-56(39-45)60(42-22-8-4-9-23-42,43-24-10-5-11-25-43)54-32-18-30-47(58(52)54)40-19-6-3-7-20-40/h3-39H,1-2H3. The van der Waals surface area contributed by atoms with E-state index in [2.05, 4.69) is 243 Å². The largest absolute Gasteiger partial charge is 0.310 e. The maximum Gasteiger partial charge on any atom is 0.0714 e. The summed E-state index contributed by atoms with van der Waals surface area (Å²) in [4.78, 5) is 2.54. The van der Waals surface area contributed by atoms with Crippen LogP contribution < -0.4 is 4.90 Å². The Morgan fingerprint density at radius 1 is 0.344 bits per heavy atom. The average Bonchev–Trinajstić information content (AvgIpc) is 3.75. The highest BCUT2D eigenvalue weighted by Crippen LogP contribution is 2.60. The van der Waals surface area contributed by atoms with E-state index >= 15 is 0 Å². The van der Waals surface area contributed by atoms with Crippen molar-refractivity contribution in [3.63, 3.8) is 0 Å². The van der Waals surface area contributed by atoms with Crippen molar-refractivity contribution in [3.8, 4) is 33.4 Å². The minimum atomic E-state index is -0.577. The molecule has 0 spiro atoms. The lowest BCUT2D eigenvalue weighted by atomic mass is 9.67. The summed E-state index contributed by atoms with van der Waals surface area (Å²) in [6, 6.07) is 83.7. The van der Waals surface area contributed by atoms with Crippen LogP contribution in [-0.4, -0.2) is 0 Å². The summed E-state index contributed by atoms with van der Waals surface area (Å²) >= 11 is 0. The van der Waals surface area contributed by atoms with E-state index < -0.39 is 5.41 Å². The Hall–Kier alpha value is -7.48. The summed E-state index contributed by atoms with van der Waals surface area (Å²) in [6.07, 6.45) is 0. The summed E-state index contributed by atoms with van der Waals surface area (Å²) in [5, 5.41) is 4.95. The van der Waals surface area contributed by atoms with Gasteiger partial charge in [-0.25, -0.2) is 0 Å². The topological polar surface area (TPSA) is 3.24 Å². The Labute approximate surface area is 357 Å². The summed E-state index contributed by atoms with van der Waals surface area (Å²) in [7, 11) is 0. The fourth-order valence-electron chi connectivity index (χ4n) is 11.0. The lowest BCUT2D eigenvalue weighted by Crippen LogP contribution is -2.28. The van der Waals surface area contributed by atoms with Crippen LogP contribution in [0, 0.1) is 0 Å². The number of hydrogen-bond donors (Lipinski definition) is 0. The minimum absolute atomic E-state index is 0.151. The van der Waals surface area contributed by atoms with Crippen molar-refractivity contribution in [3.05, 3.63) is 258 Å². The minimum Gasteiger partial charge on any atom is -0.310 e. The number of anilines is 3. The summed E-state index contributed by atoms with van der Waals surface area (Å²) in [5.41, 5.74) is 18.2. The Bertz CT molecular complexity index is 3290. The van der Waals surface area contributed by atoms with Crippen molar-refractivity contribution in [1.29, 1.82) is 0 Å². The van der Waals surface area contributed by atoms with Crippen LogP contribution in [0.2, 0.25) is 0 Å². The molecule has 61 heavy (non-hydrogen) atoms. The van der Waals surface area contributed by atoms with Gasteiger partial charge in [0, 0.05) is 22.2 Å². The van der Waals surface area contributed by atoms with Crippen LogP contribution in [-0.2, 0) is 10.8 Å². The molecule has 10 aromatic rings. The van der Waals surface area contributed by atoms with Gasteiger partial charge in [0.15, 0.2) is 0 Å². The van der Waals surface area contributed by atoms with Gasteiger partial charge in [-0.2, -0.15) is 0 Å². The fourth-order valence-corrected chi connectivity index (χ4v) is 11.0. The van der Waals surface area contributed by atoms with E-state index in [1.54, 1.807) is 0 Å². The molecule has 288 valence electrons. The Kier molecular flexibility index (Phi) is 7.86. The molecule has 0 fully saturated rings. The first-order valence-corrected chi connectivity index (χ1v) is 21.4. The summed E-state index contributed by atoms with van der Waals surface area (Å²) in [6.45, 7) is 4.75. The van der Waals surface area contributed by atoms with E-state index in [1.165, 1.54) is 88.3 Å². The van der Waals surface area contributed by atoms with E-state index in [9.17, 15) is 0 Å². The van der Waals surface area contributed by atoms with E-state index in [0.29, 0.717) is 0 Å². The predicted molar refractivity (Wildman–Crippen MR) is 256 cm³/mol. The van der Waals surface area contributed by atoms with Crippen molar-refractivity contribution in [1.82, 2.24) is 0 Å². The fraction of sp³-hybridized carbons (Fsp3) is 0.0667. The van der Waals surface area contributed by atoms with Gasteiger partial charge >= 0.3 is 0 Å². The molecular formula is C60H43N. The second-order valence-electron chi connectivity index (χ2n) is 17.2. The van der Waals surface area contributed by atoms with Gasteiger partial charge < -0.3 is 4.90 Å². The zero-order chi connectivity index (χ0) is 40.7. The molecule has 0 unspecified atom stereocenters. The second kappa shape index (κ2) is 13.5. The maximum atomic E-state index is 2.54. The Morgan fingerprint density at radius 2 is 0.869 bits per heavy atom. The predicted octanol–water partition coefficient (Wildman–Crippen LogP) is 15.8. The molecule has 0 heterocycles. The zero-order valence-corrected chi connectivity index (χ0v) is 34.3. The van der Waals surface area contributed by atoms with Crippen LogP contribution in [0.4, 0.5) is 17.1 Å². The van der Waals surface area contributed by atoms with Crippen LogP contribution >= 0.6 is 0 Å². The smallest absolute Gasteiger partial charge is 0.0714 e. The third kappa shape index (κ3) is 5.14. The van der Waals surface area contributed by atoms with Crippen LogP contribution in [0.25, 0.3) is 54.9 Å². The number of benzene rings is 10. The molecule has 2 aliphatic carbocycles. The first-order valence-electron chi connectivity index (χ1n) is 21.4. The van der Waals surface area contributed by atoms with E-state index in [4.69, 9.17) is 0 Å². The highest BCUT2D eigenvalue weighted by molar-refractivity contribution is 6.14. The third-order valence-electron chi connectivity index (χ3n) is 13.7. The van der Waals surface area contributed by atoms with Gasteiger partial charge in [0.2, 0.25) is 0 Å². The highest BCUT2D eigenvalue weighted by atomic mass is 15.1. The van der Waals surface area contributed by atoms with Gasteiger partial charge in [-0.3, -0.25) is 0 Å². The molecule has 10 aromatic carbocycles. The summed E-state index contributed by atoms with van der Waals surface area (Å²) in [5.74, 6) is 0. The van der Waals surface area contributed by atoms with Crippen molar-refractivity contribution in [2.24, 2.45) is 0 Å². The van der Waals surface area contributed by atoms with Gasteiger partial charge in [0.05, 0.1) is 11.1 Å². The molecule has 2 aliphatic rings. The number of nitrogens with zero attached hydrogens (tertiary/aromatic N) is 1. The van der Waals surface area contributed by atoms with Crippen LogP contribution in [0.3, 0.4) is 0 Å². The number of hydrogen-bond acceptors (Lipinski definition) is 1. The lowest BCUT2D eigenvalue weighted by Gasteiger charge is -2.35. The Balaban J connectivity index is 1.19. The van der Waals surface area contributed by atoms with Crippen molar-refractivity contribution in [2.45, 2.75) is 24.7 Å². The van der Waals surface area contributed by atoms with Crippen LogP contribution in [0.5, 0.6) is 0 Å². The monoisotopic (exact) mass is 777 g/mol. The lowest BCUT2D eigenvalue weighted by molar-refractivity contribution is 0.660. The second-order valence-corrected chi connectivity index (χ2v) is 17.2. The van der Waals surface area contributed by atoms with Gasteiger partial charge in [0.1, 0.15) is 0 Å². The molecule has 12 rings (SSSR count). The first-order chi connectivity index (χ1) is 30.0. The highest BCUT2D eigenvalue weighted by Gasteiger charge is 2.47.